The van der Waals surface area contributed by atoms with Gasteiger partial charge in [0.15, 0.2) is 34.5 Å². The molecule has 1 N–H and O–H groups in total. The molecule has 0 atom stereocenters. The van der Waals surface area contributed by atoms with E-state index in [-0.39, 0.29) is 22.7 Å². The first-order valence-electron chi connectivity index (χ1n) is 5.93. The number of benzene rings is 1. The molecule has 2 rings (SSSR count). The zero-order chi connectivity index (χ0) is 16.3. The van der Waals surface area contributed by atoms with E-state index in [1.54, 1.807) is 23.0 Å². The van der Waals surface area contributed by atoms with Crippen molar-refractivity contribution in [2.24, 2.45) is 0 Å². The van der Waals surface area contributed by atoms with Crippen molar-refractivity contribution in [3.8, 4) is 17.2 Å². The molecule has 22 heavy (non-hydrogen) atoms. The van der Waals surface area contributed by atoms with E-state index in [2.05, 4.69) is 9.72 Å². The Labute approximate surface area is 138 Å². The molecule has 0 saturated carbocycles. The first-order chi connectivity index (χ1) is 10.5. The standard InChI is InChI=1S/C13H11IN2O6/c1-20-11-8(16-4-3-10(17)15-13(16)19)5-7(12(18)21-2)6-9(11)22-14/h3-6H,1-2H3,(H,15,17,19). The van der Waals surface area contributed by atoms with Crippen molar-refractivity contribution in [3.05, 3.63) is 50.8 Å². The molecule has 0 saturated heterocycles. The minimum Gasteiger partial charge on any atom is -0.491 e. The van der Waals surface area contributed by atoms with Gasteiger partial charge in [0.05, 0.1) is 25.5 Å². The maximum absolute atomic E-state index is 12.0. The number of aromatic nitrogens is 2. The summed E-state index contributed by atoms with van der Waals surface area (Å²) >= 11 is 1.63. The molecule has 0 aliphatic carbocycles. The van der Waals surface area contributed by atoms with Gasteiger partial charge in [0.2, 0.25) is 0 Å². The summed E-state index contributed by atoms with van der Waals surface area (Å²) in [6, 6.07) is 4.01. The second-order valence-corrected chi connectivity index (χ2v) is 4.52. The predicted molar refractivity (Wildman–Crippen MR) is 85.2 cm³/mol. The number of ether oxygens (including phenoxy) is 2. The van der Waals surface area contributed by atoms with Crippen LogP contribution >= 0.6 is 23.0 Å². The lowest BCUT2D eigenvalue weighted by Gasteiger charge is -2.14. The van der Waals surface area contributed by atoms with Crippen LogP contribution in [0.4, 0.5) is 0 Å². The third kappa shape index (κ3) is 2.98. The Kier molecular flexibility index (Phi) is 4.85. The summed E-state index contributed by atoms with van der Waals surface area (Å²) in [4.78, 5) is 37.0. The quantitative estimate of drug-likeness (QED) is 0.589. The maximum atomic E-state index is 12.0. The summed E-state index contributed by atoms with van der Waals surface area (Å²) in [6.07, 6.45) is 1.27. The third-order valence-electron chi connectivity index (χ3n) is 2.83. The van der Waals surface area contributed by atoms with E-state index in [0.29, 0.717) is 0 Å². The van der Waals surface area contributed by atoms with Gasteiger partial charge < -0.3 is 12.5 Å². The van der Waals surface area contributed by atoms with Gasteiger partial charge in [0.1, 0.15) is 0 Å². The smallest absolute Gasteiger partial charge is 0.338 e. The molecular formula is C13H11IN2O6. The van der Waals surface area contributed by atoms with E-state index in [0.717, 1.165) is 4.57 Å². The average molecular weight is 418 g/mol. The fourth-order valence-electron chi connectivity index (χ4n) is 1.87. The number of H-pyrrole nitrogens is 1. The van der Waals surface area contributed by atoms with Crippen molar-refractivity contribution in [2.75, 3.05) is 14.2 Å². The van der Waals surface area contributed by atoms with Gasteiger partial charge in [0.25, 0.3) is 5.56 Å². The molecule has 0 aliphatic heterocycles. The third-order valence-corrected chi connectivity index (χ3v) is 3.30. The highest BCUT2D eigenvalue weighted by atomic mass is 127. The molecule has 0 radical (unpaired) electrons. The van der Waals surface area contributed by atoms with Crippen LogP contribution < -0.4 is 19.1 Å². The zero-order valence-electron chi connectivity index (χ0n) is 11.6. The Bertz CT molecular complexity index is 826. The number of halogens is 1. The Hall–Kier alpha value is -2.30. The van der Waals surface area contributed by atoms with Crippen molar-refractivity contribution >= 4 is 29.0 Å². The number of hydrogen-bond donors (Lipinski definition) is 1. The van der Waals surface area contributed by atoms with E-state index >= 15 is 0 Å². The lowest BCUT2D eigenvalue weighted by atomic mass is 10.1. The highest BCUT2D eigenvalue weighted by Gasteiger charge is 2.19. The van der Waals surface area contributed by atoms with Crippen molar-refractivity contribution in [1.82, 2.24) is 9.55 Å². The molecule has 1 aromatic carbocycles. The molecule has 0 amide bonds. The number of esters is 1. The first kappa shape index (κ1) is 16.1. The van der Waals surface area contributed by atoms with Gasteiger partial charge in [-0.3, -0.25) is 14.3 Å². The molecule has 116 valence electrons. The van der Waals surface area contributed by atoms with Crippen LogP contribution in [0.15, 0.2) is 34.0 Å². The molecule has 0 fully saturated rings. The van der Waals surface area contributed by atoms with Crippen molar-refractivity contribution in [2.45, 2.75) is 0 Å². The topological polar surface area (TPSA) is 99.6 Å². The Morgan fingerprint density at radius 3 is 2.55 bits per heavy atom. The Morgan fingerprint density at radius 1 is 1.27 bits per heavy atom. The van der Waals surface area contributed by atoms with E-state index in [9.17, 15) is 14.4 Å². The number of carbonyl (C=O) groups is 1. The van der Waals surface area contributed by atoms with Gasteiger partial charge in [-0.15, -0.1) is 0 Å². The number of nitrogens with one attached hydrogen (secondary N) is 1. The van der Waals surface area contributed by atoms with Crippen LogP contribution in [0.3, 0.4) is 0 Å². The van der Waals surface area contributed by atoms with Crippen molar-refractivity contribution < 1.29 is 17.3 Å². The molecule has 9 heteroatoms. The van der Waals surface area contributed by atoms with E-state index in [4.69, 9.17) is 7.80 Å². The molecule has 1 aromatic heterocycles. The summed E-state index contributed by atoms with van der Waals surface area (Å²) in [7, 11) is 2.63. The van der Waals surface area contributed by atoms with E-state index < -0.39 is 17.2 Å². The molecule has 1 heterocycles. The monoisotopic (exact) mass is 418 g/mol. The van der Waals surface area contributed by atoms with Crippen LogP contribution in [0.1, 0.15) is 10.4 Å². The fourth-order valence-corrected chi connectivity index (χ4v) is 2.20. The van der Waals surface area contributed by atoms with Gasteiger partial charge in [0, 0.05) is 12.3 Å². The Balaban J connectivity index is 2.79. The lowest BCUT2D eigenvalue weighted by molar-refractivity contribution is 0.0600. The second kappa shape index (κ2) is 6.64. The largest absolute Gasteiger partial charge is 0.491 e. The first-order valence-corrected chi connectivity index (χ1v) is 6.81. The van der Waals surface area contributed by atoms with Gasteiger partial charge >= 0.3 is 11.7 Å². The van der Waals surface area contributed by atoms with Crippen LogP contribution in [0.5, 0.6) is 11.5 Å². The highest BCUT2D eigenvalue weighted by molar-refractivity contribution is 14.1. The molecule has 0 spiro atoms. The Morgan fingerprint density at radius 2 is 2.00 bits per heavy atom. The average Bonchev–Trinajstić information content (AvgIpc) is 2.52. The number of hydrogen-bond acceptors (Lipinski definition) is 6. The highest BCUT2D eigenvalue weighted by Crippen LogP contribution is 2.36. The predicted octanol–water partition coefficient (Wildman–Crippen LogP) is 1.05. The van der Waals surface area contributed by atoms with Gasteiger partial charge in [-0.2, -0.15) is 0 Å². The van der Waals surface area contributed by atoms with Crippen molar-refractivity contribution in [1.29, 1.82) is 0 Å². The summed E-state index contributed by atoms with van der Waals surface area (Å²) in [6.45, 7) is 0. The molecular weight excluding hydrogens is 407 g/mol. The van der Waals surface area contributed by atoms with Crippen LogP contribution in [0.25, 0.3) is 5.69 Å². The SMILES string of the molecule is COC(=O)c1cc(OI)c(OC)c(-n2ccc(=O)[nH]c2=O)c1. The van der Waals surface area contributed by atoms with Gasteiger partial charge in [-0.1, -0.05) is 0 Å². The lowest BCUT2D eigenvalue weighted by Crippen LogP contribution is -2.27. The number of methoxy groups -OCH3 is 2. The van der Waals surface area contributed by atoms with Gasteiger partial charge in [-0.25, -0.2) is 9.59 Å². The minimum atomic E-state index is -0.674. The molecule has 0 aliphatic rings. The molecule has 2 aromatic rings. The van der Waals surface area contributed by atoms with Crippen molar-refractivity contribution in [3.63, 3.8) is 0 Å². The van der Waals surface area contributed by atoms with Crippen LogP contribution in [-0.4, -0.2) is 29.7 Å². The second-order valence-electron chi connectivity index (χ2n) is 4.08. The zero-order valence-corrected chi connectivity index (χ0v) is 13.7. The summed E-state index contributed by atoms with van der Waals surface area (Å²) in [5.74, 6) is -0.133. The van der Waals surface area contributed by atoms with E-state index in [1.807, 2.05) is 0 Å². The summed E-state index contributed by atoms with van der Waals surface area (Å²) in [5, 5.41) is 0. The van der Waals surface area contributed by atoms with Crippen LogP contribution in [-0.2, 0) is 4.74 Å². The molecule has 0 unspecified atom stereocenters. The number of nitrogens with zero attached hydrogens (tertiary/aromatic N) is 1. The van der Waals surface area contributed by atoms with Gasteiger partial charge in [-0.05, 0) is 12.1 Å². The fraction of sp³-hybridized carbons (Fsp3) is 0.154. The molecule has 0 bridgehead atoms. The number of aromatic amines is 1. The normalized spacial score (nSPS) is 10.1. The number of carbonyl (C=O) groups excluding carboxylic acids is 1. The maximum Gasteiger partial charge on any atom is 0.338 e. The minimum absolute atomic E-state index is 0.170. The van der Waals surface area contributed by atoms with Crippen LogP contribution in [0.2, 0.25) is 0 Å². The number of rotatable bonds is 4. The molecule has 8 nitrogen and oxygen atoms in total. The summed E-state index contributed by atoms with van der Waals surface area (Å²) in [5.41, 5.74) is -0.802. The summed E-state index contributed by atoms with van der Waals surface area (Å²) < 4.78 is 16.2. The van der Waals surface area contributed by atoms with Crippen LogP contribution in [0, 0.1) is 0 Å². The van der Waals surface area contributed by atoms with E-state index in [1.165, 1.54) is 38.6 Å².